The van der Waals surface area contributed by atoms with E-state index in [2.05, 4.69) is 19.1 Å². The Labute approximate surface area is 163 Å². The van der Waals surface area contributed by atoms with Crippen LogP contribution in [-0.2, 0) is 4.79 Å². The molecule has 6 atom stereocenters. The molecular formula is C23H36O4. The molecule has 3 aliphatic rings. The first-order valence-corrected chi connectivity index (χ1v) is 10.9. The molecule has 0 amide bonds. The quantitative estimate of drug-likeness (QED) is 0.551. The van der Waals surface area contributed by atoms with Crippen molar-refractivity contribution in [3.05, 3.63) is 23.8 Å². The second-order valence-corrected chi connectivity index (χ2v) is 9.12. The minimum absolute atomic E-state index is 0.108. The Balaban J connectivity index is 1.57. The van der Waals surface area contributed by atoms with Crippen molar-refractivity contribution in [2.75, 3.05) is 0 Å². The summed E-state index contributed by atoms with van der Waals surface area (Å²) in [6.07, 6.45) is 15.4. The molecule has 4 unspecified atom stereocenters. The van der Waals surface area contributed by atoms with E-state index < -0.39 is 5.97 Å². The summed E-state index contributed by atoms with van der Waals surface area (Å²) in [6, 6.07) is 0. The molecule has 4 nitrogen and oxygen atoms in total. The van der Waals surface area contributed by atoms with Gasteiger partial charge < -0.3 is 15.3 Å². The average Bonchev–Trinajstić information content (AvgIpc) is 3.17. The average molecular weight is 377 g/mol. The zero-order chi connectivity index (χ0) is 19.4. The van der Waals surface area contributed by atoms with Gasteiger partial charge in [0.1, 0.15) is 0 Å². The largest absolute Gasteiger partial charge is 0.481 e. The van der Waals surface area contributed by atoms with Crippen molar-refractivity contribution in [3.8, 4) is 0 Å². The van der Waals surface area contributed by atoms with E-state index in [0.717, 1.165) is 38.5 Å². The van der Waals surface area contributed by atoms with Crippen LogP contribution >= 0.6 is 0 Å². The summed E-state index contributed by atoms with van der Waals surface area (Å²) in [5, 5.41) is 29.8. The molecule has 3 aliphatic carbocycles. The second-order valence-electron chi connectivity index (χ2n) is 9.12. The molecule has 0 spiro atoms. The standard InChI is InChI=1S/C23H36O4/c1-15(6-5-9-23(26)27)17-12-18-14-22(25)19(20(18)13-17)10-11-21(24)16-7-3-2-4-8-16/h10-11,13,15-16,18-22,24-25H,2-9,12,14H2,1H3,(H,26,27)/b11-10+/t15?,18?,19-,20?,21?,22-/m1/s1. The molecule has 2 fully saturated rings. The molecular weight excluding hydrogens is 340 g/mol. The first kappa shape index (κ1) is 20.6. The lowest BCUT2D eigenvalue weighted by molar-refractivity contribution is -0.137. The van der Waals surface area contributed by atoms with E-state index in [4.69, 9.17) is 5.11 Å². The molecule has 0 radical (unpaired) electrons. The zero-order valence-electron chi connectivity index (χ0n) is 16.6. The highest BCUT2D eigenvalue weighted by atomic mass is 16.4. The van der Waals surface area contributed by atoms with Gasteiger partial charge in [0.2, 0.25) is 0 Å². The number of carboxylic acid groups (broad SMARTS) is 1. The van der Waals surface area contributed by atoms with Crippen LogP contribution in [0.1, 0.15) is 71.1 Å². The number of aliphatic hydroxyl groups excluding tert-OH is 2. The van der Waals surface area contributed by atoms with Gasteiger partial charge in [-0.05, 0) is 62.2 Å². The van der Waals surface area contributed by atoms with Crippen molar-refractivity contribution in [1.82, 2.24) is 0 Å². The van der Waals surface area contributed by atoms with Gasteiger partial charge in [-0.3, -0.25) is 4.79 Å². The summed E-state index contributed by atoms with van der Waals surface area (Å²) in [6.45, 7) is 2.20. The van der Waals surface area contributed by atoms with E-state index in [9.17, 15) is 15.0 Å². The Bertz CT molecular complexity index is 561. The van der Waals surface area contributed by atoms with Gasteiger partial charge in [0.25, 0.3) is 0 Å². The molecule has 0 heterocycles. The fourth-order valence-electron chi connectivity index (χ4n) is 5.52. The molecule has 152 valence electrons. The summed E-state index contributed by atoms with van der Waals surface area (Å²) >= 11 is 0. The van der Waals surface area contributed by atoms with Gasteiger partial charge in [-0.15, -0.1) is 0 Å². The Morgan fingerprint density at radius 1 is 1.30 bits per heavy atom. The molecule has 0 aromatic heterocycles. The van der Waals surface area contributed by atoms with Crippen molar-refractivity contribution in [3.63, 3.8) is 0 Å². The molecule has 0 aromatic rings. The number of allylic oxidation sites excluding steroid dienone is 2. The third kappa shape index (κ3) is 5.23. The maximum atomic E-state index is 10.7. The minimum atomic E-state index is -0.718. The molecule has 0 aromatic carbocycles. The molecule has 3 N–H and O–H groups in total. The van der Waals surface area contributed by atoms with Crippen LogP contribution in [0, 0.1) is 29.6 Å². The van der Waals surface area contributed by atoms with Crippen molar-refractivity contribution >= 4 is 5.97 Å². The van der Waals surface area contributed by atoms with Gasteiger partial charge in [-0.2, -0.15) is 0 Å². The van der Waals surface area contributed by atoms with Gasteiger partial charge in [0.05, 0.1) is 12.2 Å². The van der Waals surface area contributed by atoms with Crippen molar-refractivity contribution < 1.29 is 20.1 Å². The molecule has 0 saturated heterocycles. The van der Waals surface area contributed by atoms with E-state index in [1.54, 1.807) is 0 Å². The lowest BCUT2D eigenvalue weighted by atomic mass is 9.84. The summed E-state index contributed by atoms with van der Waals surface area (Å²) in [7, 11) is 0. The summed E-state index contributed by atoms with van der Waals surface area (Å²) < 4.78 is 0. The van der Waals surface area contributed by atoms with E-state index in [1.165, 1.54) is 24.8 Å². The lowest BCUT2D eigenvalue weighted by Gasteiger charge is -2.25. The topological polar surface area (TPSA) is 77.8 Å². The van der Waals surface area contributed by atoms with Crippen LogP contribution in [-0.4, -0.2) is 33.5 Å². The molecule has 3 rings (SSSR count). The Kier molecular flexibility index (Phi) is 7.16. The number of fused-ring (bicyclic) bond motifs is 1. The van der Waals surface area contributed by atoms with Gasteiger partial charge >= 0.3 is 5.97 Å². The molecule has 0 aliphatic heterocycles. The second kappa shape index (κ2) is 9.38. The van der Waals surface area contributed by atoms with Crippen LogP contribution in [0.25, 0.3) is 0 Å². The SMILES string of the molecule is CC(CCCC(=O)O)C1=CC2C(C1)C[C@@H](O)[C@@H]2/C=C/C(O)C1CCCCC1. The predicted molar refractivity (Wildman–Crippen MR) is 106 cm³/mol. The normalized spacial score (nSPS) is 33.8. The Morgan fingerprint density at radius 2 is 2.04 bits per heavy atom. The molecule has 0 bridgehead atoms. The minimum Gasteiger partial charge on any atom is -0.481 e. The number of carboxylic acids is 1. The van der Waals surface area contributed by atoms with Gasteiger partial charge in [-0.25, -0.2) is 0 Å². The van der Waals surface area contributed by atoms with E-state index in [-0.39, 0.29) is 24.5 Å². The third-order valence-corrected chi connectivity index (χ3v) is 7.21. The highest BCUT2D eigenvalue weighted by molar-refractivity contribution is 5.66. The van der Waals surface area contributed by atoms with Crippen LogP contribution in [0.4, 0.5) is 0 Å². The van der Waals surface area contributed by atoms with Crippen LogP contribution < -0.4 is 0 Å². The first-order chi connectivity index (χ1) is 13.0. The maximum absolute atomic E-state index is 10.7. The van der Waals surface area contributed by atoms with E-state index in [0.29, 0.717) is 23.7 Å². The Morgan fingerprint density at radius 3 is 2.74 bits per heavy atom. The fourth-order valence-corrected chi connectivity index (χ4v) is 5.52. The van der Waals surface area contributed by atoms with Crippen molar-refractivity contribution in [2.45, 2.75) is 83.3 Å². The highest BCUT2D eigenvalue weighted by Crippen LogP contribution is 2.49. The number of rotatable bonds is 8. The number of hydrogen-bond acceptors (Lipinski definition) is 3. The Hall–Kier alpha value is -1.13. The number of hydrogen-bond donors (Lipinski definition) is 3. The van der Waals surface area contributed by atoms with Gasteiger partial charge in [-0.1, -0.05) is 50.0 Å². The van der Waals surface area contributed by atoms with Crippen LogP contribution in [0.2, 0.25) is 0 Å². The van der Waals surface area contributed by atoms with Crippen LogP contribution in [0.15, 0.2) is 23.8 Å². The van der Waals surface area contributed by atoms with E-state index >= 15 is 0 Å². The highest BCUT2D eigenvalue weighted by Gasteiger charge is 2.43. The number of carbonyl (C=O) groups is 1. The third-order valence-electron chi connectivity index (χ3n) is 7.21. The first-order valence-electron chi connectivity index (χ1n) is 10.9. The van der Waals surface area contributed by atoms with Crippen LogP contribution in [0.5, 0.6) is 0 Å². The molecule has 2 saturated carbocycles. The smallest absolute Gasteiger partial charge is 0.303 e. The van der Waals surface area contributed by atoms with Crippen molar-refractivity contribution in [2.24, 2.45) is 29.6 Å². The van der Waals surface area contributed by atoms with Crippen molar-refractivity contribution in [1.29, 1.82) is 0 Å². The fraction of sp³-hybridized carbons (Fsp3) is 0.783. The summed E-state index contributed by atoms with van der Waals surface area (Å²) in [5.41, 5.74) is 1.44. The van der Waals surface area contributed by atoms with Gasteiger partial charge in [0, 0.05) is 12.3 Å². The van der Waals surface area contributed by atoms with Crippen LogP contribution in [0.3, 0.4) is 0 Å². The zero-order valence-corrected chi connectivity index (χ0v) is 16.6. The number of aliphatic hydroxyl groups is 2. The van der Waals surface area contributed by atoms with Gasteiger partial charge in [0.15, 0.2) is 0 Å². The summed E-state index contributed by atoms with van der Waals surface area (Å²) in [5.74, 6) is 1.06. The lowest BCUT2D eigenvalue weighted by Crippen LogP contribution is -2.22. The number of aliphatic carboxylic acids is 1. The summed E-state index contributed by atoms with van der Waals surface area (Å²) in [4.78, 5) is 10.7. The van der Waals surface area contributed by atoms with E-state index in [1.807, 2.05) is 6.08 Å². The maximum Gasteiger partial charge on any atom is 0.303 e. The molecule has 4 heteroatoms. The molecule has 27 heavy (non-hydrogen) atoms. The monoisotopic (exact) mass is 376 g/mol. The predicted octanol–water partition coefficient (Wildman–Crippen LogP) is 4.32.